The number of furan rings is 1. The van der Waals surface area contributed by atoms with E-state index in [1.165, 1.54) is 32.0 Å². The number of ether oxygens (including phenoxy) is 1. The second-order valence-electron chi connectivity index (χ2n) is 12.3. The second-order valence-corrected chi connectivity index (χ2v) is 12.3. The monoisotopic (exact) mass is 619 g/mol. The molecular weight excluding hydrogens is 582 g/mol. The normalized spacial score (nSPS) is 16.1. The number of hydrogen-bond acceptors (Lipinski definition) is 6. The van der Waals surface area contributed by atoms with E-state index in [1.807, 2.05) is 47.1 Å². The highest BCUT2D eigenvalue weighted by Gasteiger charge is 2.45. The molecule has 2 fully saturated rings. The van der Waals surface area contributed by atoms with Gasteiger partial charge in [0, 0.05) is 35.0 Å². The van der Waals surface area contributed by atoms with Crippen molar-refractivity contribution in [3.63, 3.8) is 0 Å². The lowest BCUT2D eigenvalue weighted by Crippen LogP contribution is -2.61. The number of fused-ring (bicyclic) bond motifs is 2. The molecule has 0 bridgehead atoms. The molecule has 0 radical (unpaired) electrons. The highest BCUT2D eigenvalue weighted by atomic mass is 16.5. The molecule has 0 saturated heterocycles. The van der Waals surface area contributed by atoms with E-state index in [9.17, 15) is 14.4 Å². The molecule has 2 aromatic heterocycles. The molecule has 0 unspecified atom stereocenters. The van der Waals surface area contributed by atoms with Gasteiger partial charge in [-0.05, 0) is 92.8 Å². The zero-order chi connectivity index (χ0) is 31.8. The third-order valence-corrected chi connectivity index (χ3v) is 9.50. The SMILES string of the molecule is CNC(=O)c1cc2cc(NC(=O)C3(NC(=O)c4ccc5c(C6CCCCC6)n(-c6ccc(OC)cc6)nc5c4)CCC3)ccc2o1. The summed E-state index contributed by atoms with van der Waals surface area (Å²) < 4.78 is 13.0. The number of benzene rings is 3. The fourth-order valence-electron chi connectivity index (χ4n) is 6.77. The van der Waals surface area contributed by atoms with Crippen molar-refractivity contribution in [2.24, 2.45) is 0 Å². The van der Waals surface area contributed by atoms with Crippen LogP contribution in [-0.2, 0) is 4.79 Å². The molecule has 2 aliphatic carbocycles. The van der Waals surface area contributed by atoms with Crippen LogP contribution in [0.5, 0.6) is 5.75 Å². The van der Waals surface area contributed by atoms with Gasteiger partial charge in [0.05, 0.1) is 24.0 Å². The van der Waals surface area contributed by atoms with Gasteiger partial charge in [0.25, 0.3) is 11.8 Å². The molecule has 10 nitrogen and oxygen atoms in total. The second kappa shape index (κ2) is 12.0. The van der Waals surface area contributed by atoms with Gasteiger partial charge >= 0.3 is 0 Å². The Morgan fingerprint density at radius 2 is 1.70 bits per heavy atom. The molecule has 3 amide bonds. The van der Waals surface area contributed by atoms with Crippen molar-refractivity contribution in [3.8, 4) is 11.4 Å². The van der Waals surface area contributed by atoms with Crippen LogP contribution in [0.25, 0.3) is 27.6 Å². The Morgan fingerprint density at radius 1 is 0.913 bits per heavy atom. The highest BCUT2D eigenvalue weighted by molar-refractivity contribution is 6.06. The standard InChI is InChI=1S/C36H37N5O5/c1-37-34(43)31-21-24-19-25(10-16-30(24)46-31)38-35(44)36(17-6-18-36)39-33(42)23-9-15-28-29(20-23)40-41(26-11-13-27(45-2)14-12-26)32(28)22-7-4-3-5-8-22/h9-16,19-22H,3-8,17-18H2,1-2H3,(H,37,43)(H,38,44)(H,39,42). The average Bonchev–Trinajstić information content (AvgIpc) is 3.67. The Labute approximate surface area is 266 Å². The summed E-state index contributed by atoms with van der Waals surface area (Å²) >= 11 is 0. The Hall–Kier alpha value is -5.12. The summed E-state index contributed by atoms with van der Waals surface area (Å²) in [5.41, 5.74) is 3.43. The first-order chi connectivity index (χ1) is 22.4. The number of hydrogen-bond donors (Lipinski definition) is 3. The zero-order valence-electron chi connectivity index (χ0n) is 26.0. The van der Waals surface area contributed by atoms with E-state index in [0.29, 0.717) is 41.0 Å². The predicted molar refractivity (Wildman–Crippen MR) is 176 cm³/mol. The molecule has 3 N–H and O–H groups in total. The molecule has 2 saturated carbocycles. The highest BCUT2D eigenvalue weighted by Crippen LogP contribution is 2.39. The molecule has 46 heavy (non-hydrogen) atoms. The van der Waals surface area contributed by atoms with E-state index in [4.69, 9.17) is 14.3 Å². The molecule has 2 heterocycles. The van der Waals surface area contributed by atoms with E-state index in [-0.39, 0.29) is 23.5 Å². The molecule has 236 valence electrons. The molecule has 2 aliphatic rings. The fourth-order valence-corrected chi connectivity index (χ4v) is 6.77. The number of anilines is 1. The van der Waals surface area contributed by atoms with Crippen molar-refractivity contribution in [3.05, 3.63) is 83.7 Å². The van der Waals surface area contributed by atoms with E-state index in [0.717, 1.165) is 41.6 Å². The molecule has 0 aliphatic heterocycles. The first-order valence-corrected chi connectivity index (χ1v) is 15.9. The Bertz CT molecular complexity index is 1950. The lowest BCUT2D eigenvalue weighted by Gasteiger charge is -2.40. The van der Waals surface area contributed by atoms with Gasteiger partial charge in [-0.3, -0.25) is 14.4 Å². The van der Waals surface area contributed by atoms with Crippen LogP contribution in [0.4, 0.5) is 5.69 Å². The lowest BCUT2D eigenvalue weighted by atomic mass is 9.75. The summed E-state index contributed by atoms with van der Waals surface area (Å²) in [4.78, 5) is 39.2. The Balaban J connectivity index is 1.14. The molecule has 0 spiro atoms. The van der Waals surface area contributed by atoms with Crippen molar-refractivity contribution < 1.29 is 23.5 Å². The predicted octanol–water partition coefficient (Wildman–Crippen LogP) is 6.48. The minimum absolute atomic E-state index is 0.195. The van der Waals surface area contributed by atoms with E-state index in [2.05, 4.69) is 16.0 Å². The number of nitrogens with zero attached hydrogens (tertiary/aromatic N) is 2. The van der Waals surface area contributed by atoms with Crippen molar-refractivity contribution in [1.29, 1.82) is 0 Å². The first-order valence-electron chi connectivity index (χ1n) is 15.9. The summed E-state index contributed by atoms with van der Waals surface area (Å²) in [7, 11) is 3.19. The summed E-state index contributed by atoms with van der Waals surface area (Å²) in [6, 6.07) is 20.4. The van der Waals surface area contributed by atoms with Gasteiger partial charge in [-0.1, -0.05) is 25.3 Å². The van der Waals surface area contributed by atoms with E-state index in [1.54, 1.807) is 31.4 Å². The number of nitrogens with one attached hydrogen (secondary N) is 3. The van der Waals surface area contributed by atoms with Crippen molar-refractivity contribution >= 4 is 45.3 Å². The fraction of sp³-hybridized carbons (Fsp3) is 0.333. The van der Waals surface area contributed by atoms with E-state index < -0.39 is 5.54 Å². The van der Waals surface area contributed by atoms with Crippen LogP contribution in [-0.4, -0.2) is 47.2 Å². The molecular formula is C36H37N5O5. The summed E-state index contributed by atoms with van der Waals surface area (Å²) in [5, 5.41) is 15.3. The van der Waals surface area contributed by atoms with Gasteiger partial charge in [-0.2, -0.15) is 5.10 Å². The number of rotatable bonds is 8. The van der Waals surface area contributed by atoms with Gasteiger partial charge in [-0.25, -0.2) is 4.68 Å². The first kappa shape index (κ1) is 29.6. The number of carbonyl (C=O) groups excluding carboxylic acids is 3. The van der Waals surface area contributed by atoms with Gasteiger partial charge in [-0.15, -0.1) is 0 Å². The van der Waals surface area contributed by atoms with Crippen LogP contribution in [0.3, 0.4) is 0 Å². The van der Waals surface area contributed by atoms with Crippen LogP contribution in [0, 0.1) is 0 Å². The summed E-state index contributed by atoms with van der Waals surface area (Å²) in [6.07, 6.45) is 7.77. The average molecular weight is 620 g/mol. The van der Waals surface area contributed by atoms with Gasteiger partial charge in [0.2, 0.25) is 5.91 Å². The van der Waals surface area contributed by atoms with Gasteiger partial charge in [0.15, 0.2) is 5.76 Å². The van der Waals surface area contributed by atoms with Crippen molar-refractivity contribution in [2.75, 3.05) is 19.5 Å². The maximum Gasteiger partial charge on any atom is 0.286 e. The maximum atomic E-state index is 13.7. The molecule has 5 aromatic rings. The lowest BCUT2D eigenvalue weighted by molar-refractivity contribution is -0.125. The number of carbonyl (C=O) groups is 3. The van der Waals surface area contributed by atoms with Crippen LogP contribution in [0.1, 0.15) is 83.9 Å². The smallest absolute Gasteiger partial charge is 0.286 e. The summed E-state index contributed by atoms with van der Waals surface area (Å²) in [6.45, 7) is 0. The number of amides is 3. The molecule has 7 rings (SSSR count). The van der Waals surface area contributed by atoms with Crippen LogP contribution < -0.4 is 20.7 Å². The zero-order valence-corrected chi connectivity index (χ0v) is 26.0. The Morgan fingerprint density at radius 3 is 2.39 bits per heavy atom. The van der Waals surface area contributed by atoms with Crippen molar-refractivity contribution in [2.45, 2.75) is 62.8 Å². The van der Waals surface area contributed by atoms with Gasteiger partial charge < -0.3 is 25.1 Å². The maximum absolute atomic E-state index is 13.7. The third kappa shape index (κ3) is 5.37. The number of methoxy groups -OCH3 is 1. The largest absolute Gasteiger partial charge is 0.497 e. The summed E-state index contributed by atoms with van der Waals surface area (Å²) in [5.74, 6) is 0.458. The minimum atomic E-state index is -1.01. The van der Waals surface area contributed by atoms with E-state index >= 15 is 0 Å². The molecule has 3 aromatic carbocycles. The van der Waals surface area contributed by atoms with Crippen molar-refractivity contribution in [1.82, 2.24) is 20.4 Å². The third-order valence-electron chi connectivity index (χ3n) is 9.50. The number of aromatic nitrogens is 2. The van der Waals surface area contributed by atoms with Crippen LogP contribution >= 0.6 is 0 Å². The topological polar surface area (TPSA) is 127 Å². The van der Waals surface area contributed by atoms with Gasteiger partial charge in [0.1, 0.15) is 16.9 Å². The minimum Gasteiger partial charge on any atom is -0.497 e. The van der Waals surface area contributed by atoms with Crippen LogP contribution in [0.2, 0.25) is 0 Å². The quantitative estimate of drug-likeness (QED) is 0.183. The molecule has 10 heteroatoms. The Kier molecular flexibility index (Phi) is 7.72. The van der Waals surface area contributed by atoms with Crippen LogP contribution in [0.15, 0.2) is 71.1 Å². The molecule has 0 atom stereocenters.